The first kappa shape index (κ1) is 20.9. The lowest BCUT2D eigenvalue weighted by Gasteiger charge is -2.37. The van der Waals surface area contributed by atoms with Crippen molar-refractivity contribution in [1.29, 1.82) is 0 Å². The number of thioether (sulfide) groups is 1. The van der Waals surface area contributed by atoms with Crippen molar-refractivity contribution in [2.24, 2.45) is 0 Å². The number of pyridine rings is 1. The normalized spacial score (nSPS) is 21.6. The summed E-state index contributed by atoms with van der Waals surface area (Å²) in [5.41, 5.74) is 0.606. The van der Waals surface area contributed by atoms with E-state index in [-0.39, 0.29) is 30.0 Å². The van der Waals surface area contributed by atoms with Crippen molar-refractivity contribution in [2.75, 3.05) is 37.7 Å². The Bertz CT molecular complexity index is 686. The molecule has 0 bridgehead atoms. The Morgan fingerprint density at radius 1 is 1.25 bits per heavy atom. The topological polar surface area (TPSA) is 74.8 Å². The van der Waals surface area contributed by atoms with Gasteiger partial charge in [-0.2, -0.15) is 11.8 Å². The number of nitrogens with one attached hydrogen (secondary N) is 1. The molecule has 3 rings (SSSR count). The third kappa shape index (κ3) is 5.38. The smallest absolute Gasteiger partial charge is 0.254 e. The van der Waals surface area contributed by atoms with Gasteiger partial charge < -0.3 is 15.0 Å². The van der Waals surface area contributed by atoms with Gasteiger partial charge in [-0.1, -0.05) is 0 Å². The molecule has 2 amide bonds. The summed E-state index contributed by atoms with van der Waals surface area (Å²) >= 11 is 1.88. The van der Waals surface area contributed by atoms with Crippen molar-refractivity contribution < 1.29 is 14.3 Å². The zero-order valence-electron chi connectivity index (χ0n) is 16.9. The Hall–Kier alpha value is -1.80. The number of aromatic nitrogens is 1. The molecule has 0 aliphatic carbocycles. The number of ether oxygens (including phenoxy) is 1. The van der Waals surface area contributed by atoms with Crippen LogP contribution in [0.1, 0.15) is 37.6 Å². The fraction of sp³-hybridized carbons (Fsp3) is 0.650. The largest absolute Gasteiger partial charge is 0.473 e. The van der Waals surface area contributed by atoms with Gasteiger partial charge in [-0.25, -0.2) is 4.98 Å². The molecule has 2 saturated heterocycles. The number of nitrogens with zero attached hydrogens (tertiary/aromatic N) is 3. The molecule has 1 N–H and O–H groups in total. The van der Waals surface area contributed by atoms with E-state index >= 15 is 0 Å². The van der Waals surface area contributed by atoms with Gasteiger partial charge in [0.1, 0.15) is 6.10 Å². The fourth-order valence-electron chi connectivity index (χ4n) is 3.45. The van der Waals surface area contributed by atoms with Gasteiger partial charge in [0.15, 0.2) is 0 Å². The molecule has 2 aliphatic rings. The van der Waals surface area contributed by atoms with Gasteiger partial charge in [0.05, 0.1) is 6.04 Å². The first-order valence-electron chi connectivity index (χ1n) is 9.98. The predicted molar refractivity (Wildman–Crippen MR) is 111 cm³/mol. The Morgan fingerprint density at radius 3 is 2.64 bits per heavy atom. The summed E-state index contributed by atoms with van der Waals surface area (Å²) in [5.74, 6) is 2.64. The number of hydrogen-bond donors (Lipinski definition) is 1. The molecule has 3 heterocycles. The molecule has 28 heavy (non-hydrogen) atoms. The predicted octanol–water partition coefficient (Wildman–Crippen LogP) is 1.64. The molecular formula is C20H30N4O3S. The van der Waals surface area contributed by atoms with E-state index in [9.17, 15) is 9.59 Å². The lowest BCUT2D eigenvalue weighted by atomic mass is 10.1. The highest BCUT2D eigenvalue weighted by molar-refractivity contribution is 7.99. The van der Waals surface area contributed by atoms with Crippen molar-refractivity contribution in [3.8, 4) is 5.88 Å². The third-order valence-corrected chi connectivity index (χ3v) is 6.25. The lowest BCUT2D eigenvalue weighted by Crippen LogP contribution is -2.55. The van der Waals surface area contributed by atoms with Gasteiger partial charge in [-0.3, -0.25) is 14.5 Å². The molecule has 0 saturated carbocycles. The third-order valence-electron chi connectivity index (χ3n) is 5.12. The average molecular weight is 407 g/mol. The van der Waals surface area contributed by atoms with Crippen LogP contribution in [-0.2, 0) is 4.79 Å². The Morgan fingerprint density at radius 2 is 2.00 bits per heavy atom. The van der Waals surface area contributed by atoms with Crippen molar-refractivity contribution in [2.45, 2.75) is 45.4 Å². The summed E-state index contributed by atoms with van der Waals surface area (Å²) in [6.45, 7) is 8.42. The molecule has 2 aliphatic heterocycles. The molecule has 0 spiro atoms. The van der Waals surface area contributed by atoms with Crippen LogP contribution < -0.4 is 10.1 Å². The number of rotatable bonds is 6. The number of piperazine rings is 1. The molecule has 2 unspecified atom stereocenters. The van der Waals surface area contributed by atoms with Crippen LogP contribution in [0.3, 0.4) is 0 Å². The van der Waals surface area contributed by atoms with E-state index < -0.39 is 0 Å². The number of hydrogen-bond acceptors (Lipinski definition) is 6. The highest BCUT2D eigenvalue weighted by Crippen LogP contribution is 2.23. The highest BCUT2D eigenvalue weighted by Gasteiger charge is 2.28. The van der Waals surface area contributed by atoms with E-state index in [2.05, 4.69) is 15.2 Å². The van der Waals surface area contributed by atoms with E-state index in [1.807, 2.05) is 37.4 Å². The van der Waals surface area contributed by atoms with Gasteiger partial charge in [-0.05, 0) is 39.0 Å². The van der Waals surface area contributed by atoms with E-state index in [0.717, 1.165) is 17.9 Å². The lowest BCUT2D eigenvalue weighted by molar-refractivity contribution is -0.126. The van der Waals surface area contributed by atoms with Crippen LogP contribution in [0, 0.1) is 0 Å². The minimum atomic E-state index is -0.190. The maximum absolute atomic E-state index is 12.9. The average Bonchev–Trinajstić information content (AvgIpc) is 3.19. The molecule has 0 radical (unpaired) electrons. The van der Waals surface area contributed by atoms with Crippen LogP contribution in [0.5, 0.6) is 5.88 Å². The van der Waals surface area contributed by atoms with Crippen LogP contribution in [0.15, 0.2) is 18.3 Å². The van der Waals surface area contributed by atoms with Crippen molar-refractivity contribution >= 4 is 23.6 Å². The van der Waals surface area contributed by atoms with Crippen molar-refractivity contribution in [3.63, 3.8) is 0 Å². The Labute approximate surface area is 171 Å². The van der Waals surface area contributed by atoms with Gasteiger partial charge in [0, 0.05) is 55.8 Å². The summed E-state index contributed by atoms with van der Waals surface area (Å²) in [5, 5.41) is 2.95. The quantitative estimate of drug-likeness (QED) is 0.774. The fourth-order valence-corrected chi connectivity index (χ4v) is 4.54. The number of amides is 2. The second kappa shape index (κ2) is 9.60. The summed E-state index contributed by atoms with van der Waals surface area (Å²) in [4.78, 5) is 33.3. The second-order valence-electron chi connectivity index (χ2n) is 7.65. The zero-order chi connectivity index (χ0) is 20.1. The van der Waals surface area contributed by atoms with Gasteiger partial charge >= 0.3 is 0 Å². The van der Waals surface area contributed by atoms with E-state index in [1.165, 1.54) is 0 Å². The summed E-state index contributed by atoms with van der Waals surface area (Å²) < 4.78 is 5.90. The van der Waals surface area contributed by atoms with Crippen LogP contribution in [-0.4, -0.2) is 82.5 Å². The van der Waals surface area contributed by atoms with E-state index in [4.69, 9.17) is 4.74 Å². The van der Waals surface area contributed by atoms with Crippen LogP contribution in [0.2, 0.25) is 0 Å². The summed E-state index contributed by atoms with van der Waals surface area (Å²) in [6.07, 6.45) is 2.85. The molecule has 7 nitrogen and oxygen atoms in total. The van der Waals surface area contributed by atoms with Crippen LogP contribution in [0.4, 0.5) is 0 Å². The molecule has 1 aromatic heterocycles. The van der Waals surface area contributed by atoms with Gasteiger partial charge in [0.25, 0.3) is 5.91 Å². The van der Waals surface area contributed by atoms with Crippen LogP contribution in [0.25, 0.3) is 0 Å². The molecular weight excluding hydrogens is 376 g/mol. The maximum Gasteiger partial charge on any atom is 0.254 e. The summed E-state index contributed by atoms with van der Waals surface area (Å²) in [6, 6.07) is 3.42. The van der Waals surface area contributed by atoms with Crippen LogP contribution >= 0.6 is 11.8 Å². The van der Waals surface area contributed by atoms with Crippen molar-refractivity contribution in [1.82, 2.24) is 20.1 Å². The molecule has 0 aromatic carbocycles. The van der Waals surface area contributed by atoms with Crippen molar-refractivity contribution in [3.05, 3.63) is 23.9 Å². The number of carbonyl (C=O) groups is 2. The molecule has 2 fully saturated rings. The summed E-state index contributed by atoms with van der Waals surface area (Å²) in [7, 11) is 0. The first-order valence-corrected chi connectivity index (χ1v) is 11.1. The van der Waals surface area contributed by atoms with E-state index in [0.29, 0.717) is 37.6 Å². The standard InChI is InChI=1S/C20H30N4O3S/c1-14(2)22-19(25)15(3)23-7-9-24(10-8-23)20(26)16-4-6-21-18(12-16)27-17-5-11-28-13-17/h4,6,12,14-15,17H,5,7-11,13H2,1-3H3,(H,22,25). The molecule has 1 aromatic rings. The molecule has 154 valence electrons. The first-order chi connectivity index (χ1) is 13.4. The molecule has 2 atom stereocenters. The number of carbonyl (C=O) groups excluding carboxylic acids is 2. The Kier molecular flexibility index (Phi) is 7.18. The van der Waals surface area contributed by atoms with Gasteiger partial charge in [-0.15, -0.1) is 0 Å². The molecule has 8 heteroatoms. The maximum atomic E-state index is 12.9. The zero-order valence-corrected chi connectivity index (χ0v) is 17.7. The minimum Gasteiger partial charge on any atom is -0.473 e. The van der Waals surface area contributed by atoms with Gasteiger partial charge in [0.2, 0.25) is 11.8 Å². The SMILES string of the molecule is CC(C)NC(=O)C(C)N1CCN(C(=O)c2ccnc(OC3CCSC3)c2)CC1. The second-order valence-corrected chi connectivity index (χ2v) is 8.80. The Balaban J connectivity index is 1.54. The minimum absolute atomic E-state index is 0.00742. The monoisotopic (exact) mass is 406 g/mol. The van der Waals surface area contributed by atoms with E-state index in [1.54, 1.807) is 18.3 Å². The highest BCUT2D eigenvalue weighted by atomic mass is 32.2.